The number of hydrogen-bond acceptors (Lipinski definition) is 14. The molecule has 0 aliphatic carbocycles. The third-order valence-electron chi connectivity index (χ3n) is 11.8. The van der Waals surface area contributed by atoms with Gasteiger partial charge in [0, 0.05) is 33.2 Å². The van der Waals surface area contributed by atoms with Gasteiger partial charge in [-0.25, -0.2) is 0 Å². The Hall–Kier alpha value is -7.48. The zero-order valence-electron chi connectivity index (χ0n) is 49.6. The third-order valence-corrected chi connectivity index (χ3v) is 11.8. The first-order valence-corrected chi connectivity index (χ1v) is 26.0. The lowest BCUT2D eigenvalue weighted by atomic mass is 9.82. The zero-order valence-corrected chi connectivity index (χ0v) is 49.6. The van der Waals surface area contributed by atoms with Crippen LogP contribution in [-0.4, -0.2) is 62.9 Å². The highest BCUT2D eigenvalue weighted by atomic mass is 16.6. The predicted molar refractivity (Wildman–Crippen MR) is 306 cm³/mol. The minimum Gasteiger partial charge on any atom is -0.496 e. The minimum atomic E-state index is -0.781. The van der Waals surface area contributed by atoms with Gasteiger partial charge in [0.15, 0.2) is 23.1 Å². The second kappa shape index (κ2) is 26.7. The van der Waals surface area contributed by atoms with Crippen LogP contribution in [0.5, 0.6) is 46.0 Å². The van der Waals surface area contributed by atoms with Crippen molar-refractivity contribution in [2.24, 2.45) is 21.7 Å². The summed E-state index contributed by atoms with van der Waals surface area (Å²) in [7, 11) is 3.08. The van der Waals surface area contributed by atoms with E-state index in [0.29, 0.717) is 81.1 Å². The maximum absolute atomic E-state index is 13.2. The van der Waals surface area contributed by atoms with Gasteiger partial charge in [-0.2, -0.15) is 0 Å². The average Bonchev–Trinajstić information content (AvgIpc) is 3.37. The first kappa shape index (κ1) is 64.8. The number of benzene rings is 4. The van der Waals surface area contributed by atoms with Gasteiger partial charge in [0.25, 0.3) is 0 Å². The Morgan fingerprint density at radius 2 is 0.872 bits per heavy atom. The molecule has 0 aliphatic heterocycles. The molecular weight excluding hydrogens is 993 g/mol. The predicted octanol–water partition coefficient (Wildman–Crippen LogP) is 14.3. The number of carbonyl (C=O) groups is 6. The molecule has 4 rings (SSSR count). The molecule has 0 aliphatic rings. The summed E-state index contributed by atoms with van der Waals surface area (Å²) in [4.78, 5) is 76.4. The van der Waals surface area contributed by atoms with Crippen LogP contribution in [0.4, 0.5) is 0 Å². The zero-order chi connectivity index (χ0) is 59.3. The molecule has 0 unspecified atom stereocenters. The van der Waals surface area contributed by atoms with Gasteiger partial charge >= 0.3 is 23.9 Å². The Balaban J connectivity index is 0.000000411. The van der Waals surface area contributed by atoms with Crippen LogP contribution in [0.15, 0.2) is 79.4 Å². The maximum atomic E-state index is 13.2. The molecule has 0 atom stereocenters. The lowest BCUT2D eigenvalue weighted by Crippen LogP contribution is -2.27. The monoisotopic (exact) mass is 1070 g/mol. The number of ether oxygens (including phenoxy) is 8. The molecule has 0 aromatic heterocycles. The Bertz CT molecular complexity index is 2890. The summed E-state index contributed by atoms with van der Waals surface area (Å²) in [6.07, 6.45) is 8.48. The summed E-state index contributed by atoms with van der Waals surface area (Å²) in [6, 6.07) is 14.4. The van der Waals surface area contributed by atoms with Gasteiger partial charge in [-0.05, 0) is 189 Å². The van der Waals surface area contributed by atoms with Crippen LogP contribution < -0.4 is 37.9 Å². The van der Waals surface area contributed by atoms with Crippen LogP contribution in [-0.2, 0) is 24.6 Å². The van der Waals surface area contributed by atoms with Crippen molar-refractivity contribution >= 4 is 47.6 Å². The van der Waals surface area contributed by atoms with Crippen LogP contribution in [0.25, 0.3) is 12.2 Å². The molecule has 78 heavy (non-hydrogen) atoms. The molecule has 0 N–H and O–H groups in total. The fourth-order valence-corrected chi connectivity index (χ4v) is 6.81. The van der Waals surface area contributed by atoms with E-state index in [9.17, 15) is 28.8 Å². The quantitative estimate of drug-likeness (QED) is 0.0285. The molecule has 14 heteroatoms. The molecule has 0 heterocycles. The van der Waals surface area contributed by atoms with Crippen LogP contribution >= 0.6 is 0 Å². The van der Waals surface area contributed by atoms with Crippen molar-refractivity contribution in [3.05, 3.63) is 118 Å². The molecule has 0 fully saturated rings. The number of carbonyl (C=O) groups excluding carboxylic acids is 6. The molecule has 4 aromatic carbocycles. The summed E-state index contributed by atoms with van der Waals surface area (Å²) < 4.78 is 45.9. The highest BCUT2D eigenvalue weighted by molar-refractivity contribution is 6.08. The fourth-order valence-electron chi connectivity index (χ4n) is 6.81. The lowest BCUT2D eigenvalue weighted by molar-refractivity contribution is -0.143. The van der Waals surface area contributed by atoms with Crippen molar-refractivity contribution in [2.75, 3.05) is 27.4 Å². The van der Waals surface area contributed by atoms with E-state index >= 15 is 0 Å². The fraction of sp³-hybridized carbons (Fsp3) is 0.438. The Morgan fingerprint density at radius 1 is 0.487 bits per heavy atom. The van der Waals surface area contributed by atoms with Crippen LogP contribution in [0.1, 0.15) is 166 Å². The Kier molecular flexibility index (Phi) is 22.2. The molecule has 0 radical (unpaired) electrons. The molecule has 0 bridgehead atoms. The number of ketones is 2. The van der Waals surface area contributed by atoms with E-state index in [0.717, 1.165) is 12.0 Å². The summed E-state index contributed by atoms with van der Waals surface area (Å²) >= 11 is 0. The van der Waals surface area contributed by atoms with Crippen LogP contribution in [0.3, 0.4) is 0 Å². The first-order valence-electron chi connectivity index (χ1n) is 26.0. The van der Waals surface area contributed by atoms with E-state index in [2.05, 4.69) is 6.58 Å². The van der Waals surface area contributed by atoms with Gasteiger partial charge in [-0.15, -0.1) is 6.58 Å². The number of esters is 4. The van der Waals surface area contributed by atoms with Crippen molar-refractivity contribution in [1.82, 2.24) is 0 Å². The highest BCUT2D eigenvalue weighted by Gasteiger charge is 2.33. The van der Waals surface area contributed by atoms with Gasteiger partial charge in [0.1, 0.15) is 34.5 Å². The molecule has 0 saturated heterocycles. The number of rotatable bonds is 19. The largest absolute Gasteiger partial charge is 0.496 e. The lowest BCUT2D eigenvalue weighted by Gasteiger charge is -2.28. The molecule has 4 aromatic rings. The van der Waals surface area contributed by atoms with Crippen molar-refractivity contribution in [3.8, 4) is 46.0 Å². The van der Waals surface area contributed by atoms with E-state index in [4.69, 9.17) is 37.9 Å². The number of hydrogen-bond donors (Lipinski definition) is 0. The van der Waals surface area contributed by atoms with E-state index in [1.807, 2.05) is 34.6 Å². The molecule has 0 spiro atoms. The molecule has 422 valence electrons. The second-order valence-electron chi connectivity index (χ2n) is 23.3. The Labute approximate surface area is 462 Å². The summed E-state index contributed by atoms with van der Waals surface area (Å²) in [5.41, 5.74) is 0.252. The van der Waals surface area contributed by atoms with Gasteiger partial charge < -0.3 is 37.9 Å². The standard InChI is InChI=1S/C33H42O7.C31H40O7/c1-12-33(9,10)24-20-26(37-11)28(38-13-2)23(27(24)40-30(36)32(6,7)8)18-19-25(34)21-14-16-22(17-15-21)39-29(35)31(3,4)5;1-11-18-36-26-19(2)25(35-10)20(3)27(38-29(34)31(7,8)9)23(26)16-17-24(32)21-12-14-22(15-13-21)37-28(33)30(4,5)6/h12,14-20H,1,13H2,2-11H3;12-17H,11,18H2,1-10H3. The highest BCUT2D eigenvalue weighted by Crippen LogP contribution is 2.48. The van der Waals surface area contributed by atoms with Gasteiger partial charge in [0.05, 0.1) is 60.2 Å². The number of methoxy groups -OCH3 is 2. The van der Waals surface area contributed by atoms with E-state index in [1.165, 1.54) is 19.3 Å². The normalized spacial score (nSPS) is 12.0. The van der Waals surface area contributed by atoms with Gasteiger partial charge in [-0.3, -0.25) is 28.8 Å². The summed E-state index contributed by atoms with van der Waals surface area (Å²) in [5.74, 6) is 0.886. The molecule has 0 saturated carbocycles. The van der Waals surface area contributed by atoms with E-state index < -0.39 is 39.0 Å². The van der Waals surface area contributed by atoms with Crippen molar-refractivity contribution in [1.29, 1.82) is 0 Å². The molecule has 14 nitrogen and oxygen atoms in total. The van der Waals surface area contributed by atoms with E-state index in [1.54, 1.807) is 170 Å². The third kappa shape index (κ3) is 17.3. The van der Waals surface area contributed by atoms with E-state index in [-0.39, 0.29) is 35.0 Å². The van der Waals surface area contributed by atoms with Gasteiger partial charge in [0.2, 0.25) is 0 Å². The second-order valence-corrected chi connectivity index (χ2v) is 23.3. The Morgan fingerprint density at radius 3 is 1.23 bits per heavy atom. The van der Waals surface area contributed by atoms with Crippen molar-refractivity contribution in [2.45, 2.75) is 136 Å². The first-order chi connectivity index (χ1) is 36.1. The maximum Gasteiger partial charge on any atom is 0.316 e. The topological polar surface area (TPSA) is 176 Å². The van der Waals surface area contributed by atoms with Crippen molar-refractivity contribution in [3.63, 3.8) is 0 Å². The molecular formula is C64H82O14. The van der Waals surface area contributed by atoms with Gasteiger partial charge in [-0.1, -0.05) is 26.8 Å². The molecule has 0 amide bonds. The van der Waals surface area contributed by atoms with Crippen molar-refractivity contribution < 1.29 is 66.7 Å². The minimum absolute atomic E-state index is 0.266. The number of allylic oxidation sites excluding steroid dienone is 3. The average molecular weight is 1080 g/mol. The summed E-state index contributed by atoms with van der Waals surface area (Å²) in [5, 5.41) is 0. The van der Waals surface area contributed by atoms with Crippen LogP contribution in [0, 0.1) is 35.5 Å². The summed E-state index contributed by atoms with van der Waals surface area (Å²) in [6.45, 7) is 37.3. The SMILES string of the molecule is C=CC(C)(C)c1cc(OC)c(OCC)c(C=CC(=O)c2ccc(OC(=O)C(C)(C)C)cc2)c1OC(=O)C(C)(C)C.CCCOc1c(C)c(OC)c(C)c(OC(=O)C(C)(C)C)c1C=CC(=O)c1ccc(OC(=O)C(C)(C)C)cc1. The smallest absolute Gasteiger partial charge is 0.316 e. The van der Waals surface area contributed by atoms with Crippen LogP contribution in [0.2, 0.25) is 0 Å².